The number of carbonyl (C=O) groups is 2. The first-order chi connectivity index (χ1) is 22.5. The average molecular weight is 748 g/mol. The van der Waals surface area contributed by atoms with Gasteiger partial charge in [-0.05, 0) is 85.1 Å². The summed E-state index contributed by atoms with van der Waals surface area (Å²) in [5.74, 6) is -1.72. The molecule has 0 bridgehead atoms. The molecule has 4 N–H and O–H groups in total. The Balaban J connectivity index is 0.000000267. The number of halogens is 7. The molecule has 0 spiro atoms. The lowest BCUT2D eigenvalue weighted by Crippen LogP contribution is -2.24. The lowest BCUT2D eigenvalue weighted by Gasteiger charge is -2.16. The molecular formula is C31H24ClF6N3O6S2. The highest BCUT2D eigenvalue weighted by molar-refractivity contribution is 7.91. The maximum absolute atomic E-state index is 13.5. The third-order valence-corrected chi connectivity index (χ3v) is 10.4. The molecule has 9 nitrogen and oxygen atoms in total. The van der Waals surface area contributed by atoms with E-state index in [-0.39, 0.29) is 26.5 Å². The highest BCUT2D eigenvalue weighted by Crippen LogP contribution is 2.39. The van der Waals surface area contributed by atoms with Crippen molar-refractivity contribution in [1.82, 2.24) is 0 Å². The monoisotopic (exact) mass is 747 g/mol. The fourth-order valence-corrected chi connectivity index (χ4v) is 7.66. The molecule has 1 amide bonds. The Morgan fingerprint density at radius 2 is 0.980 bits per heavy atom. The zero-order valence-electron chi connectivity index (χ0n) is 25.1. The Kier molecular flexibility index (Phi) is 11.4. The van der Waals surface area contributed by atoms with Gasteiger partial charge in [0.1, 0.15) is 0 Å². The van der Waals surface area contributed by atoms with Crippen molar-refractivity contribution in [3.63, 3.8) is 0 Å². The Morgan fingerprint density at radius 1 is 0.633 bits per heavy atom. The van der Waals surface area contributed by atoms with Crippen molar-refractivity contribution in [2.24, 2.45) is 16.5 Å². The molecule has 0 aliphatic rings. The number of hydrogen-bond acceptors (Lipinski definition) is 6. The van der Waals surface area contributed by atoms with Crippen LogP contribution in [0.1, 0.15) is 43.0 Å². The number of hydrogen-bond donors (Lipinski definition) is 2. The molecule has 0 radical (unpaired) electrons. The normalized spacial score (nSPS) is 12.0. The number of amides is 1. The molecule has 0 aromatic heterocycles. The van der Waals surface area contributed by atoms with Gasteiger partial charge >= 0.3 is 12.4 Å². The van der Waals surface area contributed by atoms with Gasteiger partial charge < -0.3 is 11.5 Å². The highest BCUT2D eigenvalue weighted by Gasteiger charge is 2.40. The molecule has 0 heterocycles. The number of aliphatic imine (C=N–C) groups is 1. The molecule has 0 saturated carbocycles. The van der Waals surface area contributed by atoms with E-state index in [2.05, 4.69) is 4.99 Å². The van der Waals surface area contributed by atoms with Crippen LogP contribution in [0.5, 0.6) is 0 Å². The molecule has 0 atom stereocenters. The Hall–Kier alpha value is -4.74. The third kappa shape index (κ3) is 8.84. The summed E-state index contributed by atoms with van der Waals surface area (Å²) in [7, 11) is -8.85. The minimum Gasteiger partial charge on any atom is -0.370 e. The third-order valence-electron chi connectivity index (χ3n) is 6.62. The Labute approximate surface area is 281 Å². The van der Waals surface area contributed by atoms with Gasteiger partial charge in [-0.2, -0.15) is 31.3 Å². The minimum atomic E-state index is -5.02. The number of aryl methyl sites for hydroxylation is 2. The van der Waals surface area contributed by atoms with Crippen LogP contribution in [0.4, 0.5) is 26.3 Å². The molecule has 49 heavy (non-hydrogen) atoms. The van der Waals surface area contributed by atoms with E-state index >= 15 is 0 Å². The second kappa shape index (κ2) is 14.4. The Morgan fingerprint density at radius 3 is 1.31 bits per heavy atom. The van der Waals surface area contributed by atoms with Gasteiger partial charge in [-0.25, -0.2) is 16.8 Å². The summed E-state index contributed by atoms with van der Waals surface area (Å²) in [5.41, 5.74) is 6.45. The van der Waals surface area contributed by atoms with Crippen LogP contribution in [0.2, 0.25) is 0 Å². The zero-order chi connectivity index (χ0) is 37.1. The SMILES string of the molecule is Cc1cc(S(=O)(=O)c2ccccc2)c(C(F)(F)F)cc1C(=O)Cl.Cc1cc(S(=O)(=O)c2ccccc2)c(C(F)(F)F)cc1C(=O)N=C(N)N. The first kappa shape index (κ1) is 38.7. The van der Waals surface area contributed by atoms with Crippen molar-refractivity contribution in [2.75, 3.05) is 0 Å². The van der Waals surface area contributed by atoms with Gasteiger partial charge in [0.25, 0.3) is 11.1 Å². The van der Waals surface area contributed by atoms with Crippen molar-refractivity contribution in [2.45, 2.75) is 45.8 Å². The quantitative estimate of drug-likeness (QED) is 0.0978. The fourth-order valence-electron chi connectivity index (χ4n) is 4.32. The van der Waals surface area contributed by atoms with Crippen molar-refractivity contribution in [3.05, 3.63) is 118 Å². The van der Waals surface area contributed by atoms with Crippen LogP contribution in [0, 0.1) is 13.8 Å². The number of benzene rings is 4. The van der Waals surface area contributed by atoms with E-state index in [1.165, 1.54) is 68.4 Å². The summed E-state index contributed by atoms with van der Waals surface area (Å²) in [5, 5.41) is -1.09. The van der Waals surface area contributed by atoms with Crippen molar-refractivity contribution < 1.29 is 52.8 Å². The summed E-state index contributed by atoms with van der Waals surface area (Å²) in [6.07, 6.45) is -9.97. The van der Waals surface area contributed by atoms with E-state index in [4.69, 9.17) is 23.1 Å². The largest absolute Gasteiger partial charge is 0.417 e. The topological polar surface area (TPSA) is 167 Å². The summed E-state index contributed by atoms with van der Waals surface area (Å²) in [6, 6.07) is 16.0. The van der Waals surface area contributed by atoms with Gasteiger partial charge in [-0.3, -0.25) is 9.59 Å². The van der Waals surface area contributed by atoms with Crippen LogP contribution in [0.3, 0.4) is 0 Å². The standard InChI is InChI=1S/C16H14F3N3O3S.C15H10ClF3O3S/c1-9-7-13(26(24,25)10-5-3-2-4-6-10)12(16(17,18)19)8-11(9)14(23)22-15(20)21;1-9-7-13(23(21,22)10-5-3-2-4-6-10)12(15(17,18)19)8-11(9)14(16)20/h2-8H,1H3,(H4,20,21,22,23);2-8H,1H3. The van der Waals surface area contributed by atoms with Gasteiger partial charge in [0.15, 0.2) is 5.96 Å². The summed E-state index contributed by atoms with van der Waals surface area (Å²) < 4.78 is 131. The number of nitrogens with two attached hydrogens (primary N) is 2. The number of rotatable bonds is 6. The number of alkyl halides is 6. The van der Waals surface area contributed by atoms with E-state index in [1.54, 1.807) is 6.07 Å². The average Bonchev–Trinajstić information content (AvgIpc) is 3.00. The summed E-state index contributed by atoms with van der Waals surface area (Å²) in [4.78, 5) is 23.9. The summed E-state index contributed by atoms with van der Waals surface area (Å²) >= 11 is 5.26. The molecule has 18 heteroatoms. The molecule has 260 valence electrons. The number of sulfone groups is 2. The van der Waals surface area contributed by atoms with Crippen molar-refractivity contribution in [3.8, 4) is 0 Å². The van der Waals surface area contributed by atoms with Gasteiger partial charge in [-0.15, -0.1) is 0 Å². The Bertz CT molecular complexity index is 2150. The van der Waals surface area contributed by atoms with E-state index in [1.807, 2.05) is 0 Å². The molecule has 4 aromatic carbocycles. The van der Waals surface area contributed by atoms with Gasteiger partial charge in [0, 0.05) is 11.1 Å². The predicted molar refractivity (Wildman–Crippen MR) is 166 cm³/mol. The van der Waals surface area contributed by atoms with E-state index in [9.17, 15) is 52.8 Å². The smallest absolute Gasteiger partial charge is 0.370 e. The van der Waals surface area contributed by atoms with Gasteiger partial charge in [-0.1, -0.05) is 36.4 Å². The molecule has 0 fully saturated rings. The van der Waals surface area contributed by atoms with Crippen LogP contribution in [0.15, 0.2) is 110 Å². The maximum atomic E-state index is 13.5. The zero-order valence-corrected chi connectivity index (χ0v) is 27.5. The number of nitrogens with zero attached hydrogens (tertiary/aromatic N) is 1. The van der Waals surface area contributed by atoms with Crippen LogP contribution in [0.25, 0.3) is 0 Å². The second-order valence-electron chi connectivity index (χ2n) is 10.1. The van der Waals surface area contributed by atoms with Gasteiger partial charge in [0.05, 0.1) is 30.7 Å². The van der Waals surface area contributed by atoms with Crippen LogP contribution < -0.4 is 11.5 Å². The second-order valence-corrected chi connectivity index (χ2v) is 14.3. The number of carbonyl (C=O) groups excluding carboxylic acids is 2. The molecule has 0 aliphatic carbocycles. The lowest BCUT2D eigenvalue weighted by molar-refractivity contribution is -0.140. The first-order valence-electron chi connectivity index (χ1n) is 13.4. The van der Waals surface area contributed by atoms with Crippen LogP contribution >= 0.6 is 11.6 Å². The highest BCUT2D eigenvalue weighted by atomic mass is 35.5. The molecule has 4 aromatic rings. The molecular weight excluding hydrogens is 724 g/mol. The number of guanidine groups is 1. The molecule has 4 rings (SSSR count). The van der Waals surface area contributed by atoms with Crippen molar-refractivity contribution in [1.29, 1.82) is 0 Å². The lowest BCUT2D eigenvalue weighted by atomic mass is 10.0. The molecule has 0 saturated heterocycles. The first-order valence-corrected chi connectivity index (χ1v) is 16.7. The molecule has 0 unspecified atom stereocenters. The predicted octanol–water partition coefficient (Wildman–Crippen LogP) is 6.49. The fraction of sp³-hybridized carbons (Fsp3) is 0.129. The minimum absolute atomic E-state index is 0.0116. The molecule has 0 aliphatic heterocycles. The summed E-state index contributed by atoms with van der Waals surface area (Å²) in [6.45, 7) is 2.61. The van der Waals surface area contributed by atoms with Crippen LogP contribution in [-0.4, -0.2) is 33.9 Å². The van der Waals surface area contributed by atoms with Gasteiger partial charge in [0.2, 0.25) is 19.7 Å². The maximum Gasteiger partial charge on any atom is 0.417 e. The van der Waals surface area contributed by atoms with E-state index in [0.29, 0.717) is 12.1 Å². The van der Waals surface area contributed by atoms with Crippen molar-refractivity contribution >= 4 is 48.4 Å². The van der Waals surface area contributed by atoms with E-state index < -0.39 is 75.6 Å². The van der Waals surface area contributed by atoms with E-state index in [0.717, 1.165) is 12.1 Å². The van der Waals surface area contributed by atoms with Crippen LogP contribution in [-0.2, 0) is 32.0 Å².